The second-order valence-electron chi connectivity index (χ2n) is 5.82. The van der Waals surface area contributed by atoms with Crippen LogP contribution in [0.2, 0.25) is 0 Å². The number of pyridine rings is 1. The van der Waals surface area contributed by atoms with Crippen molar-refractivity contribution >= 4 is 27.7 Å². The number of hydrogen-bond donors (Lipinski definition) is 2. The number of H-pyrrole nitrogens is 1. The third-order valence-electron chi connectivity index (χ3n) is 3.86. The van der Waals surface area contributed by atoms with Gasteiger partial charge in [0.2, 0.25) is 0 Å². The first-order valence-electron chi connectivity index (χ1n) is 8.36. The minimum atomic E-state index is -0.352. The van der Waals surface area contributed by atoms with Gasteiger partial charge in [0.25, 0.3) is 5.91 Å². The van der Waals surface area contributed by atoms with Crippen LogP contribution in [0, 0.1) is 0 Å². The summed E-state index contributed by atoms with van der Waals surface area (Å²) in [5, 5.41) is 13.9. The zero-order valence-corrected chi connectivity index (χ0v) is 16.1. The van der Waals surface area contributed by atoms with Gasteiger partial charge in [0, 0.05) is 34.7 Å². The molecule has 0 saturated heterocycles. The maximum atomic E-state index is 12.4. The van der Waals surface area contributed by atoms with E-state index in [1.165, 1.54) is 0 Å². The summed E-state index contributed by atoms with van der Waals surface area (Å²) in [5.41, 5.74) is 1.98. The highest BCUT2D eigenvalue weighted by molar-refractivity contribution is 9.10. The molecule has 0 spiro atoms. The van der Waals surface area contributed by atoms with Gasteiger partial charge in [-0.3, -0.25) is 14.9 Å². The van der Waals surface area contributed by atoms with Crippen molar-refractivity contribution in [1.82, 2.24) is 25.0 Å². The minimum absolute atomic E-state index is 0.198. The van der Waals surface area contributed by atoms with E-state index in [9.17, 15) is 4.79 Å². The molecule has 0 aliphatic rings. The molecule has 0 unspecified atom stereocenters. The quantitative estimate of drug-likeness (QED) is 0.477. The first-order chi connectivity index (χ1) is 13.7. The fourth-order valence-electron chi connectivity index (χ4n) is 2.47. The number of hydrogen-bond acceptors (Lipinski definition) is 5. The van der Waals surface area contributed by atoms with Crippen molar-refractivity contribution in [2.45, 2.75) is 6.73 Å². The molecule has 0 aliphatic carbocycles. The number of anilines is 1. The average molecular weight is 439 g/mol. The van der Waals surface area contributed by atoms with Crippen LogP contribution in [-0.4, -0.2) is 30.9 Å². The molecule has 3 heterocycles. The molecule has 0 atom stereocenters. The number of carbonyl (C=O) groups excluding carboxylic acids is 1. The number of halogens is 1. The highest BCUT2D eigenvalue weighted by atomic mass is 79.9. The standard InChI is InChI=1S/C19H15BrN6O2/c20-14-1-3-15(4-2-14)28-12-26-10-7-16(25-26)19(27)22-18-11-17(23-24-18)13-5-8-21-9-6-13/h1-11H,12H2,(H2,22,23,24,27). The van der Waals surface area contributed by atoms with Crippen LogP contribution >= 0.6 is 15.9 Å². The largest absolute Gasteiger partial charge is 0.471 e. The predicted octanol–water partition coefficient (Wildman–Crippen LogP) is 3.72. The summed E-state index contributed by atoms with van der Waals surface area (Å²) in [6.07, 6.45) is 5.07. The Morgan fingerprint density at radius 2 is 1.93 bits per heavy atom. The molecule has 9 heteroatoms. The van der Waals surface area contributed by atoms with Crippen LogP contribution in [0.3, 0.4) is 0 Å². The van der Waals surface area contributed by atoms with Crippen molar-refractivity contribution in [2.75, 3.05) is 5.32 Å². The number of rotatable bonds is 6. The first-order valence-corrected chi connectivity index (χ1v) is 9.16. The van der Waals surface area contributed by atoms with E-state index in [4.69, 9.17) is 4.74 Å². The Morgan fingerprint density at radius 3 is 2.71 bits per heavy atom. The molecule has 0 bridgehead atoms. The Bertz CT molecular complexity index is 1080. The smallest absolute Gasteiger partial charge is 0.277 e. The molecule has 3 aromatic heterocycles. The first kappa shape index (κ1) is 17.9. The third-order valence-corrected chi connectivity index (χ3v) is 4.39. The molecular formula is C19H15BrN6O2. The van der Waals surface area contributed by atoms with Gasteiger partial charge in [-0.25, -0.2) is 4.68 Å². The number of nitrogens with zero attached hydrogens (tertiary/aromatic N) is 4. The normalized spacial score (nSPS) is 10.6. The van der Waals surface area contributed by atoms with Gasteiger partial charge in [0.05, 0.1) is 5.69 Å². The summed E-state index contributed by atoms with van der Waals surface area (Å²) in [5.74, 6) is 0.775. The molecule has 0 radical (unpaired) electrons. The fraction of sp³-hybridized carbons (Fsp3) is 0.0526. The average Bonchev–Trinajstić information content (AvgIpc) is 3.38. The van der Waals surface area contributed by atoms with Crippen molar-refractivity contribution in [3.63, 3.8) is 0 Å². The second-order valence-corrected chi connectivity index (χ2v) is 6.74. The van der Waals surface area contributed by atoms with E-state index in [1.807, 2.05) is 36.4 Å². The van der Waals surface area contributed by atoms with Gasteiger partial charge < -0.3 is 10.1 Å². The molecule has 1 amide bonds. The number of amides is 1. The van der Waals surface area contributed by atoms with Crippen LogP contribution in [0.4, 0.5) is 5.82 Å². The zero-order chi connectivity index (χ0) is 19.3. The zero-order valence-electron chi connectivity index (χ0n) is 14.5. The Morgan fingerprint density at radius 1 is 1.14 bits per heavy atom. The summed E-state index contributed by atoms with van der Waals surface area (Å²) in [6.45, 7) is 0.198. The molecule has 0 saturated carbocycles. The van der Waals surface area contributed by atoms with Gasteiger partial charge in [-0.1, -0.05) is 15.9 Å². The SMILES string of the molecule is O=C(Nc1cc(-c2ccncc2)[nH]n1)c1ccn(COc2ccc(Br)cc2)n1. The molecule has 0 fully saturated rings. The lowest BCUT2D eigenvalue weighted by Gasteiger charge is -2.06. The molecule has 4 rings (SSSR count). The highest BCUT2D eigenvalue weighted by Crippen LogP contribution is 2.19. The van der Waals surface area contributed by atoms with E-state index in [2.05, 4.69) is 41.5 Å². The van der Waals surface area contributed by atoms with Crippen molar-refractivity contribution in [1.29, 1.82) is 0 Å². The molecule has 8 nitrogen and oxygen atoms in total. The van der Waals surface area contributed by atoms with Gasteiger partial charge in [-0.2, -0.15) is 10.2 Å². The Labute approximate surface area is 168 Å². The number of ether oxygens (including phenoxy) is 1. The van der Waals surface area contributed by atoms with Crippen molar-refractivity contribution in [2.24, 2.45) is 0 Å². The van der Waals surface area contributed by atoms with Gasteiger partial charge in [0.1, 0.15) is 5.75 Å². The van der Waals surface area contributed by atoms with E-state index < -0.39 is 0 Å². The van der Waals surface area contributed by atoms with Crippen LogP contribution in [0.25, 0.3) is 11.3 Å². The summed E-state index contributed by atoms with van der Waals surface area (Å²) in [4.78, 5) is 16.4. The minimum Gasteiger partial charge on any atom is -0.471 e. The maximum absolute atomic E-state index is 12.4. The second kappa shape index (κ2) is 8.05. The Balaban J connectivity index is 1.37. The van der Waals surface area contributed by atoms with E-state index in [0.717, 1.165) is 15.7 Å². The number of benzene rings is 1. The molecule has 0 aliphatic heterocycles. The predicted molar refractivity (Wildman–Crippen MR) is 107 cm³/mol. The molecular weight excluding hydrogens is 424 g/mol. The van der Waals surface area contributed by atoms with Crippen LogP contribution in [0.15, 0.2) is 71.6 Å². The summed E-state index contributed by atoms with van der Waals surface area (Å²) in [6, 6.07) is 14.6. The van der Waals surface area contributed by atoms with Crippen LogP contribution in [-0.2, 0) is 6.73 Å². The van der Waals surface area contributed by atoms with Crippen LogP contribution in [0.1, 0.15) is 10.5 Å². The van der Waals surface area contributed by atoms with E-state index in [-0.39, 0.29) is 18.3 Å². The molecule has 4 aromatic rings. The summed E-state index contributed by atoms with van der Waals surface area (Å²) < 4.78 is 8.16. The fourth-order valence-corrected chi connectivity index (χ4v) is 2.74. The van der Waals surface area contributed by atoms with Gasteiger partial charge in [0.15, 0.2) is 18.2 Å². The van der Waals surface area contributed by atoms with Crippen molar-refractivity contribution < 1.29 is 9.53 Å². The lowest BCUT2D eigenvalue weighted by molar-refractivity contribution is 0.102. The Hall–Kier alpha value is -3.46. The van der Waals surface area contributed by atoms with Gasteiger partial charge >= 0.3 is 0 Å². The van der Waals surface area contributed by atoms with Gasteiger partial charge in [-0.05, 0) is 42.5 Å². The molecule has 28 heavy (non-hydrogen) atoms. The maximum Gasteiger partial charge on any atom is 0.277 e. The van der Waals surface area contributed by atoms with Crippen LogP contribution < -0.4 is 10.1 Å². The summed E-state index contributed by atoms with van der Waals surface area (Å²) in [7, 11) is 0. The lowest BCUT2D eigenvalue weighted by Crippen LogP contribution is -2.14. The highest BCUT2D eigenvalue weighted by Gasteiger charge is 2.12. The summed E-state index contributed by atoms with van der Waals surface area (Å²) >= 11 is 3.37. The molecule has 2 N–H and O–H groups in total. The van der Waals surface area contributed by atoms with Crippen molar-refractivity contribution in [3.8, 4) is 17.0 Å². The monoisotopic (exact) mass is 438 g/mol. The molecule has 140 valence electrons. The van der Waals surface area contributed by atoms with Crippen LogP contribution in [0.5, 0.6) is 5.75 Å². The van der Waals surface area contributed by atoms with Crippen molar-refractivity contribution in [3.05, 3.63) is 77.3 Å². The van der Waals surface area contributed by atoms with E-state index in [1.54, 1.807) is 35.4 Å². The lowest BCUT2D eigenvalue weighted by atomic mass is 10.2. The van der Waals surface area contributed by atoms with E-state index >= 15 is 0 Å². The number of carbonyl (C=O) groups is 1. The number of aromatic nitrogens is 5. The third kappa shape index (κ3) is 4.26. The molecule has 1 aromatic carbocycles. The number of nitrogens with one attached hydrogen (secondary N) is 2. The van der Waals surface area contributed by atoms with E-state index in [0.29, 0.717) is 11.6 Å². The van der Waals surface area contributed by atoms with Gasteiger partial charge in [-0.15, -0.1) is 0 Å². The Kier molecular flexibility index (Phi) is 5.16. The topological polar surface area (TPSA) is 97.7 Å². The number of aromatic amines is 1.